The summed E-state index contributed by atoms with van der Waals surface area (Å²) in [4.78, 5) is 13.3. The number of sulfonamides is 1. The lowest BCUT2D eigenvalue weighted by atomic mass is 9.97. The molecule has 0 aliphatic rings. The van der Waals surface area contributed by atoms with Gasteiger partial charge in [-0.1, -0.05) is 44.2 Å². The highest BCUT2D eigenvalue weighted by Gasteiger charge is 2.28. The Morgan fingerprint density at radius 1 is 0.857 bits per heavy atom. The topological polar surface area (TPSA) is 84.9 Å². The monoisotopic (exact) mass is 496 g/mol. The van der Waals surface area contributed by atoms with Crippen molar-refractivity contribution < 1.29 is 22.7 Å². The summed E-state index contributed by atoms with van der Waals surface area (Å²) in [6.07, 6.45) is 0.703. The third-order valence-corrected chi connectivity index (χ3v) is 7.33. The average molecular weight is 497 g/mol. The Balaban J connectivity index is 1.88. The van der Waals surface area contributed by atoms with Crippen LogP contribution in [0, 0.1) is 5.92 Å². The number of amides is 1. The highest BCUT2D eigenvalue weighted by Crippen LogP contribution is 2.26. The Kier molecular flexibility index (Phi) is 8.76. The van der Waals surface area contributed by atoms with Crippen molar-refractivity contribution in [3.8, 4) is 11.5 Å². The summed E-state index contributed by atoms with van der Waals surface area (Å²) in [7, 11) is -0.891. The summed E-state index contributed by atoms with van der Waals surface area (Å²) < 4.78 is 38.6. The molecule has 0 spiro atoms. The van der Waals surface area contributed by atoms with E-state index in [0.717, 1.165) is 15.6 Å². The maximum Gasteiger partial charge on any atom is 0.264 e. The molecule has 0 fully saturated rings. The lowest BCUT2D eigenvalue weighted by Gasteiger charge is -2.26. The van der Waals surface area contributed by atoms with Crippen LogP contribution in [0.1, 0.15) is 31.9 Å². The second-order valence-electron chi connectivity index (χ2n) is 8.55. The van der Waals surface area contributed by atoms with Crippen molar-refractivity contribution >= 4 is 21.6 Å². The average Bonchev–Trinajstić information content (AvgIpc) is 2.87. The van der Waals surface area contributed by atoms with Crippen LogP contribution in [0.25, 0.3) is 0 Å². The van der Waals surface area contributed by atoms with Gasteiger partial charge in [0.25, 0.3) is 10.0 Å². The molecular formula is C27H32N2O5S. The van der Waals surface area contributed by atoms with Crippen molar-refractivity contribution in [3.63, 3.8) is 0 Å². The molecule has 0 radical (unpaired) electrons. The summed E-state index contributed by atoms with van der Waals surface area (Å²) in [6, 6.07) is 22.0. The highest BCUT2D eigenvalue weighted by atomic mass is 32.2. The lowest BCUT2D eigenvalue weighted by Crippen LogP contribution is -2.42. The van der Waals surface area contributed by atoms with Crippen LogP contribution in [0.3, 0.4) is 0 Å². The van der Waals surface area contributed by atoms with Crippen molar-refractivity contribution in [3.05, 3.63) is 84.4 Å². The second-order valence-corrected chi connectivity index (χ2v) is 10.4. The Hall–Kier alpha value is -3.52. The molecule has 0 saturated heterocycles. The van der Waals surface area contributed by atoms with E-state index in [1.807, 2.05) is 24.3 Å². The van der Waals surface area contributed by atoms with Gasteiger partial charge in [-0.15, -0.1) is 0 Å². The van der Waals surface area contributed by atoms with Gasteiger partial charge in [0.15, 0.2) is 0 Å². The molecule has 35 heavy (non-hydrogen) atoms. The molecule has 3 aromatic rings. The number of carbonyl (C=O) groups is 1. The van der Waals surface area contributed by atoms with Crippen LogP contribution < -0.4 is 19.1 Å². The Bertz CT molecular complexity index is 1190. The third-order valence-electron chi connectivity index (χ3n) is 5.54. The summed E-state index contributed by atoms with van der Waals surface area (Å²) in [5.41, 5.74) is 1.33. The fraction of sp³-hybridized carbons (Fsp3) is 0.296. The van der Waals surface area contributed by atoms with Crippen LogP contribution >= 0.6 is 0 Å². The smallest absolute Gasteiger partial charge is 0.264 e. The van der Waals surface area contributed by atoms with Crippen molar-refractivity contribution in [1.82, 2.24) is 5.32 Å². The van der Waals surface area contributed by atoms with E-state index in [0.29, 0.717) is 23.8 Å². The summed E-state index contributed by atoms with van der Waals surface area (Å²) in [6.45, 7) is 3.79. The second kappa shape index (κ2) is 11.8. The van der Waals surface area contributed by atoms with E-state index in [9.17, 15) is 13.2 Å². The van der Waals surface area contributed by atoms with E-state index in [4.69, 9.17) is 9.47 Å². The molecule has 8 heteroatoms. The van der Waals surface area contributed by atoms with Crippen LogP contribution in [0.4, 0.5) is 5.69 Å². The molecule has 1 N–H and O–H groups in total. The van der Waals surface area contributed by atoms with Crippen LogP contribution in [0.15, 0.2) is 83.8 Å². The quantitative estimate of drug-likeness (QED) is 0.412. The predicted octanol–water partition coefficient (Wildman–Crippen LogP) is 4.80. The van der Waals surface area contributed by atoms with Gasteiger partial charge in [0, 0.05) is 0 Å². The first kappa shape index (κ1) is 26.1. The number of hydrogen-bond acceptors (Lipinski definition) is 5. The molecule has 0 bridgehead atoms. The van der Waals surface area contributed by atoms with Gasteiger partial charge >= 0.3 is 0 Å². The number of carbonyl (C=O) groups excluding carboxylic acids is 1. The van der Waals surface area contributed by atoms with Crippen molar-refractivity contribution in [1.29, 1.82) is 0 Å². The number of nitrogens with zero attached hydrogens (tertiary/aromatic N) is 1. The van der Waals surface area contributed by atoms with Gasteiger partial charge in [0.2, 0.25) is 5.91 Å². The first-order valence-electron chi connectivity index (χ1n) is 11.4. The van der Waals surface area contributed by atoms with E-state index in [-0.39, 0.29) is 17.5 Å². The number of methoxy groups -OCH3 is 2. The third kappa shape index (κ3) is 6.76. The minimum Gasteiger partial charge on any atom is -0.497 e. The number of anilines is 1. The number of ether oxygens (including phenoxy) is 2. The molecule has 186 valence electrons. The van der Waals surface area contributed by atoms with E-state index in [1.54, 1.807) is 49.6 Å². The maximum atomic E-state index is 13.6. The zero-order chi connectivity index (χ0) is 25.4. The van der Waals surface area contributed by atoms with Gasteiger partial charge < -0.3 is 14.8 Å². The standard InChI is InChI=1S/C27H32N2O5S/c1-20(2)18-26(21-10-12-23(33-3)13-11-21)28-27(30)19-29(22-8-6-5-7-9-22)35(31,32)25-16-14-24(34-4)15-17-25/h5-17,20,26H,18-19H2,1-4H3,(H,28,30)/t26-/m0/s1. The Labute approximate surface area is 207 Å². The van der Waals surface area contributed by atoms with Crippen LogP contribution in [-0.4, -0.2) is 35.1 Å². The molecular weight excluding hydrogens is 464 g/mol. The number of hydrogen-bond donors (Lipinski definition) is 1. The van der Waals surface area contributed by atoms with E-state index >= 15 is 0 Å². The highest BCUT2D eigenvalue weighted by molar-refractivity contribution is 7.92. The lowest BCUT2D eigenvalue weighted by molar-refractivity contribution is -0.120. The molecule has 0 aliphatic heterocycles. The molecule has 7 nitrogen and oxygen atoms in total. The molecule has 0 heterocycles. The predicted molar refractivity (Wildman–Crippen MR) is 137 cm³/mol. The van der Waals surface area contributed by atoms with Gasteiger partial charge in [-0.2, -0.15) is 0 Å². The van der Waals surface area contributed by atoms with Gasteiger partial charge in [-0.25, -0.2) is 8.42 Å². The molecule has 3 rings (SSSR count). The van der Waals surface area contributed by atoms with E-state index in [2.05, 4.69) is 19.2 Å². The molecule has 0 saturated carbocycles. The summed E-state index contributed by atoms with van der Waals surface area (Å²) in [5, 5.41) is 3.04. The van der Waals surface area contributed by atoms with Gasteiger partial charge in [-0.05, 0) is 66.4 Å². The maximum absolute atomic E-state index is 13.6. The molecule has 1 atom stereocenters. The van der Waals surface area contributed by atoms with E-state index < -0.39 is 15.9 Å². The SMILES string of the molecule is COc1ccc([C@H](CC(C)C)NC(=O)CN(c2ccccc2)S(=O)(=O)c2ccc(OC)cc2)cc1. The van der Waals surface area contributed by atoms with Crippen molar-refractivity contribution in [2.75, 3.05) is 25.1 Å². The minimum atomic E-state index is -4.01. The largest absolute Gasteiger partial charge is 0.497 e. The Morgan fingerprint density at radius 3 is 1.91 bits per heavy atom. The van der Waals surface area contributed by atoms with Crippen LogP contribution in [-0.2, 0) is 14.8 Å². The van der Waals surface area contributed by atoms with Crippen molar-refractivity contribution in [2.24, 2.45) is 5.92 Å². The molecule has 1 amide bonds. The molecule has 0 unspecified atom stereocenters. The fourth-order valence-electron chi connectivity index (χ4n) is 3.74. The normalized spacial score (nSPS) is 12.1. The zero-order valence-electron chi connectivity index (χ0n) is 20.5. The van der Waals surface area contributed by atoms with Crippen LogP contribution in [0.5, 0.6) is 11.5 Å². The molecule has 0 aromatic heterocycles. The molecule has 0 aliphatic carbocycles. The van der Waals surface area contributed by atoms with E-state index in [1.165, 1.54) is 19.2 Å². The fourth-order valence-corrected chi connectivity index (χ4v) is 5.16. The van der Waals surface area contributed by atoms with Crippen molar-refractivity contribution in [2.45, 2.75) is 31.2 Å². The van der Waals surface area contributed by atoms with Gasteiger partial charge in [0.1, 0.15) is 18.0 Å². The number of rotatable bonds is 11. The Morgan fingerprint density at radius 2 is 1.40 bits per heavy atom. The molecule has 3 aromatic carbocycles. The zero-order valence-corrected chi connectivity index (χ0v) is 21.3. The summed E-state index contributed by atoms with van der Waals surface area (Å²) >= 11 is 0. The summed E-state index contributed by atoms with van der Waals surface area (Å²) in [5.74, 6) is 1.19. The van der Waals surface area contributed by atoms with Gasteiger partial charge in [-0.3, -0.25) is 9.10 Å². The number of para-hydroxylation sites is 1. The number of nitrogens with one attached hydrogen (secondary N) is 1. The minimum absolute atomic E-state index is 0.0730. The first-order valence-corrected chi connectivity index (χ1v) is 12.8. The van der Waals surface area contributed by atoms with Crippen LogP contribution in [0.2, 0.25) is 0 Å². The van der Waals surface area contributed by atoms with Gasteiger partial charge in [0.05, 0.1) is 30.8 Å². The first-order chi connectivity index (χ1) is 16.7. The number of benzene rings is 3.